The molecule has 2 atom stereocenters. The number of hydrogen-bond donors (Lipinski definition) is 2. The molecular formula is C28H47N3O8. The van der Waals surface area contributed by atoms with E-state index < -0.39 is 17.4 Å². The topological polar surface area (TPSA) is 148 Å². The highest BCUT2D eigenvalue weighted by Crippen LogP contribution is 2.26. The maximum atomic E-state index is 13.2. The molecule has 0 aromatic rings. The molecule has 1 heterocycles. The van der Waals surface area contributed by atoms with Crippen molar-refractivity contribution in [2.45, 2.75) is 86.1 Å². The van der Waals surface area contributed by atoms with E-state index in [1.54, 1.807) is 0 Å². The second-order valence-corrected chi connectivity index (χ2v) is 11.3. The number of imide groups is 1. The number of rotatable bonds is 19. The molecule has 11 nitrogen and oxygen atoms in total. The van der Waals surface area contributed by atoms with Gasteiger partial charge >= 0.3 is 0 Å². The molecule has 1 fully saturated rings. The second kappa shape index (κ2) is 17.1. The highest BCUT2D eigenvalue weighted by Gasteiger charge is 2.34. The number of ketones is 2. The number of amides is 4. The third-order valence-corrected chi connectivity index (χ3v) is 6.45. The van der Waals surface area contributed by atoms with Crippen LogP contribution in [0, 0.1) is 17.3 Å². The third kappa shape index (κ3) is 13.3. The number of nitrogens with zero attached hydrogens (tertiary/aromatic N) is 1. The Morgan fingerprint density at radius 3 is 2.08 bits per heavy atom. The highest BCUT2D eigenvalue weighted by atomic mass is 16.5. The van der Waals surface area contributed by atoms with Crippen LogP contribution in [0.3, 0.4) is 0 Å². The van der Waals surface area contributed by atoms with E-state index in [4.69, 9.17) is 9.47 Å². The summed E-state index contributed by atoms with van der Waals surface area (Å²) in [7, 11) is 0. The molecule has 39 heavy (non-hydrogen) atoms. The van der Waals surface area contributed by atoms with Crippen LogP contribution in [0.4, 0.5) is 0 Å². The molecule has 0 bridgehead atoms. The summed E-state index contributed by atoms with van der Waals surface area (Å²) in [6, 6.07) is -0.720. The first-order chi connectivity index (χ1) is 18.2. The molecule has 1 aliphatic rings. The second-order valence-electron chi connectivity index (χ2n) is 11.3. The van der Waals surface area contributed by atoms with Crippen molar-refractivity contribution in [3.05, 3.63) is 0 Å². The lowest BCUT2D eigenvalue weighted by molar-refractivity contribution is -0.139. The van der Waals surface area contributed by atoms with Crippen molar-refractivity contribution in [1.82, 2.24) is 15.5 Å². The largest absolute Gasteiger partial charge is 0.379 e. The normalized spacial score (nSPS) is 15.4. The van der Waals surface area contributed by atoms with Crippen LogP contribution in [0.5, 0.6) is 0 Å². The van der Waals surface area contributed by atoms with Crippen molar-refractivity contribution >= 4 is 35.2 Å². The minimum absolute atomic E-state index is 0.0123. The SMILES string of the molecule is CC(=O)NCCC[C@H](CC(=O)[C@@H](NC(=O)CCOCCOCCN1C(=O)CCC1=O)C(C)C)C(=O)C(C)(C)C. The summed E-state index contributed by atoms with van der Waals surface area (Å²) in [4.78, 5) is 74.1. The maximum Gasteiger partial charge on any atom is 0.229 e. The predicted molar refractivity (Wildman–Crippen MR) is 144 cm³/mol. The number of likely N-dealkylation sites (tertiary alicyclic amines) is 1. The van der Waals surface area contributed by atoms with Crippen molar-refractivity contribution in [2.75, 3.05) is 39.5 Å². The lowest BCUT2D eigenvalue weighted by atomic mass is 9.78. The van der Waals surface area contributed by atoms with Gasteiger partial charge in [-0.05, 0) is 18.8 Å². The van der Waals surface area contributed by atoms with Gasteiger partial charge in [0.15, 0.2) is 5.78 Å². The van der Waals surface area contributed by atoms with E-state index in [1.165, 1.54) is 11.8 Å². The van der Waals surface area contributed by atoms with Crippen LogP contribution >= 0.6 is 0 Å². The van der Waals surface area contributed by atoms with Gasteiger partial charge in [-0.15, -0.1) is 0 Å². The number of Topliss-reactive ketones (excluding diaryl/α,β-unsaturated/α-hetero) is 2. The molecule has 1 saturated heterocycles. The summed E-state index contributed by atoms with van der Waals surface area (Å²) in [5, 5.41) is 5.51. The molecule has 11 heteroatoms. The molecule has 0 aliphatic carbocycles. The van der Waals surface area contributed by atoms with Crippen LogP contribution < -0.4 is 10.6 Å². The minimum atomic E-state index is -0.720. The Morgan fingerprint density at radius 1 is 0.949 bits per heavy atom. The van der Waals surface area contributed by atoms with Crippen molar-refractivity contribution in [3.8, 4) is 0 Å². The molecular weight excluding hydrogens is 506 g/mol. The number of hydrogen-bond acceptors (Lipinski definition) is 8. The Morgan fingerprint density at radius 2 is 1.54 bits per heavy atom. The van der Waals surface area contributed by atoms with Gasteiger partial charge in [-0.25, -0.2) is 0 Å². The summed E-state index contributed by atoms with van der Waals surface area (Å²) in [6.45, 7) is 12.1. The molecule has 1 aliphatic heterocycles. The molecule has 0 radical (unpaired) electrons. The van der Waals surface area contributed by atoms with Crippen molar-refractivity contribution in [2.24, 2.45) is 17.3 Å². The van der Waals surface area contributed by atoms with Gasteiger partial charge in [0.25, 0.3) is 0 Å². The van der Waals surface area contributed by atoms with E-state index in [2.05, 4.69) is 10.6 Å². The lowest BCUT2D eigenvalue weighted by Crippen LogP contribution is -2.46. The zero-order chi connectivity index (χ0) is 29.6. The van der Waals surface area contributed by atoms with Crippen molar-refractivity contribution < 1.29 is 38.2 Å². The molecule has 0 unspecified atom stereocenters. The van der Waals surface area contributed by atoms with E-state index >= 15 is 0 Å². The van der Waals surface area contributed by atoms with Gasteiger partial charge in [0, 0.05) is 50.5 Å². The predicted octanol–water partition coefficient (Wildman–Crippen LogP) is 1.81. The fourth-order valence-electron chi connectivity index (χ4n) is 4.30. The summed E-state index contributed by atoms with van der Waals surface area (Å²) in [6.07, 6.45) is 1.65. The van der Waals surface area contributed by atoms with Crippen LogP contribution in [0.2, 0.25) is 0 Å². The third-order valence-electron chi connectivity index (χ3n) is 6.45. The Balaban J connectivity index is 2.44. The average molecular weight is 554 g/mol. The lowest BCUT2D eigenvalue weighted by Gasteiger charge is -2.27. The van der Waals surface area contributed by atoms with E-state index in [9.17, 15) is 28.8 Å². The first-order valence-corrected chi connectivity index (χ1v) is 13.8. The monoisotopic (exact) mass is 553 g/mol. The van der Waals surface area contributed by atoms with Gasteiger partial charge < -0.3 is 20.1 Å². The number of carbonyl (C=O) groups is 6. The molecule has 0 saturated carbocycles. The Labute approximate surface area is 232 Å². The Kier molecular flexibility index (Phi) is 15.1. The van der Waals surface area contributed by atoms with Gasteiger partial charge in [-0.2, -0.15) is 0 Å². The smallest absolute Gasteiger partial charge is 0.229 e. The van der Waals surface area contributed by atoms with Gasteiger partial charge in [0.1, 0.15) is 5.78 Å². The van der Waals surface area contributed by atoms with Crippen LogP contribution in [0.15, 0.2) is 0 Å². The van der Waals surface area contributed by atoms with Crippen LogP contribution in [0.25, 0.3) is 0 Å². The van der Waals surface area contributed by atoms with E-state index in [0.29, 0.717) is 19.4 Å². The first-order valence-electron chi connectivity index (χ1n) is 13.8. The number of nitrogens with one attached hydrogen (secondary N) is 2. The Hall–Kier alpha value is -2.66. The van der Waals surface area contributed by atoms with E-state index in [0.717, 1.165) is 0 Å². The molecule has 222 valence electrons. The number of ether oxygens (including phenoxy) is 2. The first kappa shape index (κ1) is 34.4. The molecule has 1 rings (SSSR count). The van der Waals surface area contributed by atoms with Crippen LogP contribution in [0.1, 0.15) is 80.1 Å². The molecule has 0 spiro atoms. The van der Waals surface area contributed by atoms with Crippen molar-refractivity contribution in [3.63, 3.8) is 0 Å². The summed E-state index contributed by atoms with van der Waals surface area (Å²) < 4.78 is 10.8. The van der Waals surface area contributed by atoms with Gasteiger partial charge in [0.2, 0.25) is 23.6 Å². The van der Waals surface area contributed by atoms with Crippen LogP contribution in [-0.4, -0.2) is 85.7 Å². The quantitative estimate of drug-likeness (QED) is 0.182. The summed E-state index contributed by atoms with van der Waals surface area (Å²) in [5.41, 5.74) is -0.611. The standard InChI is InChI=1S/C28H47N3O8/c1-19(2)26(22(33)18-21(27(37)28(4,5)6)8-7-12-29-20(3)32)30-23(34)11-14-38-16-17-39-15-13-31-24(35)9-10-25(31)36/h19,21,26H,7-18H2,1-6H3,(H,29,32)(H,30,34)/t21-,26+/m1/s1. The number of carbonyl (C=O) groups excluding carboxylic acids is 6. The Bertz CT molecular complexity index is 849. The highest BCUT2D eigenvalue weighted by molar-refractivity contribution is 6.01. The summed E-state index contributed by atoms with van der Waals surface area (Å²) >= 11 is 0. The summed E-state index contributed by atoms with van der Waals surface area (Å²) in [5.74, 6) is -1.67. The van der Waals surface area contributed by atoms with Crippen molar-refractivity contribution in [1.29, 1.82) is 0 Å². The van der Waals surface area contributed by atoms with Gasteiger partial charge in [-0.3, -0.25) is 33.7 Å². The van der Waals surface area contributed by atoms with Gasteiger partial charge in [0.05, 0.1) is 39.0 Å². The fourth-order valence-corrected chi connectivity index (χ4v) is 4.30. The van der Waals surface area contributed by atoms with E-state index in [1.807, 2.05) is 34.6 Å². The van der Waals surface area contributed by atoms with Gasteiger partial charge in [-0.1, -0.05) is 34.6 Å². The fraction of sp³-hybridized carbons (Fsp3) is 0.786. The molecule has 0 aromatic carbocycles. The minimum Gasteiger partial charge on any atom is -0.379 e. The zero-order valence-corrected chi connectivity index (χ0v) is 24.4. The van der Waals surface area contributed by atoms with E-state index in [-0.39, 0.29) is 99.8 Å². The molecule has 2 N–H and O–H groups in total. The van der Waals surface area contributed by atoms with Crippen LogP contribution in [-0.2, 0) is 38.2 Å². The molecule has 4 amide bonds. The zero-order valence-electron chi connectivity index (χ0n) is 24.4. The molecule has 0 aromatic heterocycles. The average Bonchev–Trinajstić information content (AvgIpc) is 3.16. The maximum absolute atomic E-state index is 13.2.